The third kappa shape index (κ3) is 4.16. The predicted octanol–water partition coefficient (Wildman–Crippen LogP) is 13.3. The molecule has 8 aromatic rings. The van der Waals surface area contributed by atoms with Gasteiger partial charge in [0.05, 0.1) is 11.0 Å². The van der Waals surface area contributed by atoms with Crippen molar-refractivity contribution in [2.75, 3.05) is 0 Å². The number of rotatable bonds is 5. The van der Waals surface area contributed by atoms with Crippen LogP contribution in [0, 0.1) is 0 Å². The highest BCUT2D eigenvalue weighted by Gasteiger charge is 2.37. The van der Waals surface area contributed by atoms with E-state index in [0.29, 0.717) is 0 Å². The highest BCUT2D eigenvalue weighted by molar-refractivity contribution is 7.26. The van der Waals surface area contributed by atoms with E-state index in [2.05, 4.69) is 171 Å². The van der Waals surface area contributed by atoms with Crippen molar-refractivity contribution >= 4 is 58.9 Å². The minimum absolute atomic E-state index is 0.0892. The molecule has 0 fully saturated rings. The van der Waals surface area contributed by atoms with Crippen molar-refractivity contribution < 1.29 is 0 Å². The quantitative estimate of drug-likeness (QED) is 0.166. The third-order valence-electron chi connectivity index (χ3n) is 10.3. The Morgan fingerprint density at radius 2 is 1.42 bits per heavy atom. The Bertz CT molecular complexity index is 2660. The van der Waals surface area contributed by atoms with Crippen LogP contribution in [-0.2, 0) is 5.41 Å². The van der Waals surface area contributed by atoms with Crippen molar-refractivity contribution in [3.8, 4) is 27.9 Å². The molecule has 9 rings (SSSR count). The van der Waals surface area contributed by atoms with Gasteiger partial charge in [-0.05, 0) is 94.4 Å². The maximum absolute atomic E-state index is 3.97. The molecule has 0 N–H and O–H groups in total. The Hall–Kier alpha value is -5.44. The maximum atomic E-state index is 3.97. The number of aromatic nitrogens is 1. The number of hydrogen-bond acceptors (Lipinski definition) is 1. The molecule has 2 heterocycles. The minimum atomic E-state index is -0.0892. The van der Waals surface area contributed by atoms with Crippen molar-refractivity contribution in [2.45, 2.75) is 26.2 Å². The molecule has 230 valence electrons. The van der Waals surface area contributed by atoms with E-state index in [0.717, 1.165) is 11.3 Å². The van der Waals surface area contributed by atoms with Crippen LogP contribution >= 0.6 is 11.3 Å². The number of allylic oxidation sites excluding steroid dienone is 5. The lowest BCUT2D eigenvalue weighted by molar-refractivity contribution is 0.661. The van der Waals surface area contributed by atoms with Crippen molar-refractivity contribution in [1.82, 2.24) is 4.57 Å². The Labute approximate surface area is 285 Å². The van der Waals surface area contributed by atoms with Gasteiger partial charge in [0.2, 0.25) is 0 Å². The lowest BCUT2D eigenvalue weighted by atomic mass is 9.81. The van der Waals surface area contributed by atoms with Crippen LogP contribution in [0.3, 0.4) is 0 Å². The van der Waals surface area contributed by atoms with Crippen LogP contribution in [0.4, 0.5) is 0 Å². The molecule has 1 aliphatic rings. The van der Waals surface area contributed by atoms with Gasteiger partial charge in [-0.2, -0.15) is 0 Å². The van der Waals surface area contributed by atoms with Gasteiger partial charge >= 0.3 is 0 Å². The molecule has 0 amide bonds. The lowest BCUT2D eigenvalue weighted by Gasteiger charge is -2.22. The van der Waals surface area contributed by atoms with Gasteiger partial charge < -0.3 is 4.57 Å². The zero-order valence-corrected chi connectivity index (χ0v) is 28.2. The number of hydrogen-bond donors (Lipinski definition) is 0. The fourth-order valence-electron chi connectivity index (χ4n) is 7.97. The second-order valence-corrected chi connectivity index (χ2v) is 14.4. The van der Waals surface area contributed by atoms with Crippen LogP contribution in [-0.4, -0.2) is 4.57 Å². The Kier molecular flexibility index (Phi) is 6.47. The Morgan fingerprint density at radius 1 is 0.688 bits per heavy atom. The highest BCUT2D eigenvalue weighted by atomic mass is 32.1. The first-order chi connectivity index (χ1) is 23.5. The smallest absolute Gasteiger partial charge is 0.0541 e. The molecule has 0 unspecified atom stereocenters. The van der Waals surface area contributed by atoms with Gasteiger partial charge in [-0.25, -0.2) is 0 Å². The monoisotopic (exact) mass is 633 g/mol. The summed E-state index contributed by atoms with van der Waals surface area (Å²) in [6, 6.07) is 45.2. The molecule has 0 saturated heterocycles. The van der Waals surface area contributed by atoms with Crippen LogP contribution < -0.4 is 0 Å². The zero-order valence-electron chi connectivity index (χ0n) is 27.4. The average molecular weight is 634 g/mol. The van der Waals surface area contributed by atoms with Gasteiger partial charge in [0, 0.05) is 47.6 Å². The van der Waals surface area contributed by atoms with E-state index in [9.17, 15) is 0 Å². The molecule has 0 bridgehead atoms. The summed E-state index contributed by atoms with van der Waals surface area (Å²) in [5, 5.41) is 5.21. The molecule has 6 aromatic carbocycles. The van der Waals surface area contributed by atoms with Crippen LogP contribution in [0.15, 0.2) is 152 Å². The van der Waals surface area contributed by atoms with E-state index in [1.807, 2.05) is 17.4 Å². The number of fused-ring (bicyclic) bond motifs is 10. The van der Waals surface area contributed by atoms with Gasteiger partial charge in [0.1, 0.15) is 0 Å². The van der Waals surface area contributed by atoms with Crippen LogP contribution in [0.2, 0.25) is 0 Å². The molecule has 2 aromatic heterocycles. The summed E-state index contributed by atoms with van der Waals surface area (Å²) in [4.78, 5) is 0. The molecule has 2 heteroatoms. The van der Waals surface area contributed by atoms with Gasteiger partial charge in [-0.3, -0.25) is 0 Å². The lowest BCUT2D eigenvalue weighted by Crippen LogP contribution is -2.14. The average Bonchev–Trinajstić information content (AvgIpc) is 3.73. The largest absolute Gasteiger partial charge is 0.309 e. The summed E-state index contributed by atoms with van der Waals surface area (Å²) < 4.78 is 5.15. The number of para-hydroxylation sites is 1. The second-order valence-electron chi connectivity index (χ2n) is 13.3. The summed E-state index contributed by atoms with van der Waals surface area (Å²) in [7, 11) is 0. The van der Waals surface area contributed by atoms with Crippen molar-refractivity contribution in [2.24, 2.45) is 0 Å². The molecule has 0 atom stereocenters. The standard InChI is InChI=1S/C46H35NS/c1-5-12-29(13-6-2)30-19-24-41-37(26-30)38-27-31(20-25-42(38)47(41)33-14-8-7-9-15-33)32-18-21-36-40(28-32)46(3,4)39-23-22-35-34-16-10-11-17-43(34)48-45(35)44(36)39/h5-28H,1H2,2-4H3/b13-6-,29-12+. The zero-order chi connectivity index (χ0) is 32.6. The molecule has 48 heavy (non-hydrogen) atoms. The molecule has 0 saturated carbocycles. The number of benzene rings is 6. The fraction of sp³-hybridized carbons (Fsp3) is 0.0870. The highest BCUT2D eigenvalue weighted by Crippen LogP contribution is 2.54. The maximum Gasteiger partial charge on any atom is 0.0541 e. The summed E-state index contributed by atoms with van der Waals surface area (Å²) in [5.74, 6) is 0. The normalized spacial score (nSPS) is 14.0. The van der Waals surface area contributed by atoms with Gasteiger partial charge in [0.25, 0.3) is 0 Å². The topological polar surface area (TPSA) is 4.93 Å². The molecule has 0 aliphatic heterocycles. The molecule has 1 nitrogen and oxygen atoms in total. The summed E-state index contributed by atoms with van der Waals surface area (Å²) in [5.41, 5.74) is 13.9. The first-order valence-corrected chi connectivity index (χ1v) is 17.5. The van der Waals surface area contributed by atoms with E-state index in [4.69, 9.17) is 0 Å². The van der Waals surface area contributed by atoms with Crippen molar-refractivity contribution in [3.05, 3.63) is 169 Å². The first kappa shape index (κ1) is 28.8. The molecular formula is C46H35NS. The SMILES string of the molecule is C=C/C=C(\C=C/C)c1ccc2c(c1)c1cc(-c3ccc4c(c3)C(C)(C)c3ccc5c(sc6ccccc65)c3-4)ccc1n2-c1ccccc1. The third-order valence-corrected chi connectivity index (χ3v) is 11.5. The van der Waals surface area contributed by atoms with E-state index in [1.54, 1.807) is 0 Å². The van der Waals surface area contributed by atoms with E-state index in [-0.39, 0.29) is 5.41 Å². The fourth-order valence-corrected chi connectivity index (χ4v) is 9.24. The second kappa shape index (κ2) is 10.8. The summed E-state index contributed by atoms with van der Waals surface area (Å²) >= 11 is 1.93. The minimum Gasteiger partial charge on any atom is -0.309 e. The van der Waals surface area contributed by atoms with Gasteiger partial charge in [-0.15, -0.1) is 11.3 Å². The summed E-state index contributed by atoms with van der Waals surface area (Å²) in [6.07, 6.45) is 8.19. The van der Waals surface area contributed by atoms with Crippen molar-refractivity contribution in [1.29, 1.82) is 0 Å². The number of thiophene rings is 1. The predicted molar refractivity (Wildman–Crippen MR) is 210 cm³/mol. The number of nitrogens with zero attached hydrogens (tertiary/aromatic N) is 1. The summed E-state index contributed by atoms with van der Waals surface area (Å²) in [6.45, 7) is 10.8. The molecule has 1 aliphatic carbocycles. The van der Waals surface area contributed by atoms with Gasteiger partial charge in [0.15, 0.2) is 0 Å². The van der Waals surface area contributed by atoms with E-state index < -0.39 is 0 Å². The Morgan fingerprint density at radius 3 is 2.23 bits per heavy atom. The molecule has 0 radical (unpaired) electrons. The first-order valence-electron chi connectivity index (χ1n) is 16.7. The van der Waals surface area contributed by atoms with Crippen LogP contribution in [0.5, 0.6) is 0 Å². The van der Waals surface area contributed by atoms with Crippen molar-refractivity contribution in [3.63, 3.8) is 0 Å². The van der Waals surface area contributed by atoms with E-state index in [1.165, 1.54) is 80.9 Å². The van der Waals surface area contributed by atoms with Crippen LogP contribution in [0.1, 0.15) is 37.5 Å². The van der Waals surface area contributed by atoms with E-state index >= 15 is 0 Å². The van der Waals surface area contributed by atoms with Crippen LogP contribution in [0.25, 0.3) is 75.5 Å². The van der Waals surface area contributed by atoms with Gasteiger partial charge in [-0.1, -0.05) is 118 Å². The molecule has 0 spiro atoms. The Balaban J connectivity index is 1.24. The molecular weight excluding hydrogens is 599 g/mol.